The minimum Gasteiger partial charge on any atom is -0.456 e. The fraction of sp³-hybridized carbons (Fsp3) is 0.0545. The lowest BCUT2D eigenvalue weighted by Crippen LogP contribution is -2.21. The van der Waals surface area contributed by atoms with E-state index in [4.69, 9.17) is 8.83 Å². The highest BCUT2D eigenvalue weighted by Crippen LogP contribution is 2.55. The molecule has 0 amide bonds. The molecule has 0 atom stereocenters. The highest BCUT2D eigenvalue weighted by Gasteiger charge is 2.39. The zero-order valence-electron chi connectivity index (χ0n) is 32.2. The van der Waals surface area contributed by atoms with E-state index in [-0.39, 0.29) is 5.41 Å². The Kier molecular flexibility index (Phi) is 6.98. The van der Waals surface area contributed by atoms with Crippen molar-refractivity contribution in [2.24, 2.45) is 0 Å². The monoisotopic (exact) mass is 743 g/mol. The third-order valence-corrected chi connectivity index (χ3v) is 12.4. The standard InChI is InChI=1S/C55H37NO2/c1-55(2)47-18-8-5-15-41(47)44-17-11-20-49(54(44)55)56(39-26-22-34(23-27-39)37-24-28-43-42-16-7-10-21-50(42)57-52(43)33-37)48-19-9-6-14-40(48)38-25-29-51-45(31-38)46-30-35-12-3-4-13-36(35)32-53(46)58-51/h3-33H,1-2H3. The molecular formula is C55H37NO2. The first kappa shape index (κ1) is 32.8. The first-order chi connectivity index (χ1) is 28.5. The van der Waals surface area contributed by atoms with E-state index in [1.165, 1.54) is 38.7 Å². The fourth-order valence-electron chi connectivity index (χ4n) is 9.66. The molecule has 2 heterocycles. The molecule has 0 saturated carbocycles. The Balaban J connectivity index is 1.04. The van der Waals surface area contributed by atoms with E-state index in [0.717, 1.165) is 77.5 Å². The second kappa shape index (κ2) is 12.3. The van der Waals surface area contributed by atoms with Gasteiger partial charge in [0.05, 0.1) is 11.4 Å². The predicted molar refractivity (Wildman–Crippen MR) is 242 cm³/mol. The topological polar surface area (TPSA) is 29.5 Å². The van der Waals surface area contributed by atoms with E-state index in [9.17, 15) is 0 Å². The zero-order valence-corrected chi connectivity index (χ0v) is 32.2. The minimum absolute atomic E-state index is 0.213. The molecule has 2 aromatic heterocycles. The van der Waals surface area contributed by atoms with Crippen LogP contribution >= 0.6 is 0 Å². The van der Waals surface area contributed by atoms with Gasteiger partial charge < -0.3 is 13.7 Å². The third-order valence-electron chi connectivity index (χ3n) is 12.4. The van der Waals surface area contributed by atoms with Crippen LogP contribution in [0, 0.1) is 0 Å². The van der Waals surface area contributed by atoms with Gasteiger partial charge in [0.25, 0.3) is 0 Å². The number of furan rings is 2. The molecule has 0 spiro atoms. The van der Waals surface area contributed by atoms with Crippen molar-refractivity contribution in [2.75, 3.05) is 4.90 Å². The summed E-state index contributed by atoms with van der Waals surface area (Å²) in [5.74, 6) is 0. The van der Waals surface area contributed by atoms with Gasteiger partial charge in [-0.1, -0.05) is 135 Å². The van der Waals surface area contributed by atoms with Crippen LogP contribution in [0.5, 0.6) is 0 Å². The molecule has 0 radical (unpaired) electrons. The maximum Gasteiger partial charge on any atom is 0.136 e. The second-order valence-corrected chi connectivity index (χ2v) is 16.1. The van der Waals surface area contributed by atoms with Crippen LogP contribution < -0.4 is 4.90 Å². The van der Waals surface area contributed by atoms with Gasteiger partial charge in [0.1, 0.15) is 22.3 Å². The molecule has 9 aromatic carbocycles. The largest absolute Gasteiger partial charge is 0.456 e. The third kappa shape index (κ3) is 4.86. The molecule has 274 valence electrons. The number of anilines is 3. The molecule has 3 nitrogen and oxygen atoms in total. The number of benzene rings is 9. The zero-order chi connectivity index (χ0) is 38.5. The van der Waals surface area contributed by atoms with Crippen molar-refractivity contribution in [1.82, 2.24) is 0 Å². The van der Waals surface area contributed by atoms with Gasteiger partial charge in [-0.3, -0.25) is 0 Å². The summed E-state index contributed by atoms with van der Waals surface area (Å²) in [6, 6.07) is 67.9. The van der Waals surface area contributed by atoms with Crippen molar-refractivity contribution in [2.45, 2.75) is 19.3 Å². The van der Waals surface area contributed by atoms with E-state index in [2.05, 4.69) is 195 Å². The molecule has 0 fully saturated rings. The van der Waals surface area contributed by atoms with Gasteiger partial charge >= 0.3 is 0 Å². The number of fused-ring (bicyclic) bond motifs is 10. The number of rotatable bonds is 5. The molecule has 1 aliphatic rings. The smallest absolute Gasteiger partial charge is 0.136 e. The molecule has 0 aliphatic heterocycles. The van der Waals surface area contributed by atoms with Crippen molar-refractivity contribution < 1.29 is 8.83 Å². The Bertz CT molecular complexity index is 3440. The average Bonchev–Trinajstić information content (AvgIpc) is 3.90. The maximum absolute atomic E-state index is 6.44. The van der Waals surface area contributed by atoms with Gasteiger partial charge in [-0.25, -0.2) is 0 Å². The fourth-order valence-corrected chi connectivity index (χ4v) is 9.66. The lowest BCUT2D eigenvalue weighted by atomic mass is 9.81. The molecule has 1 aliphatic carbocycles. The SMILES string of the molecule is CC1(C)c2ccccc2-c2cccc(N(c3ccc(-c4ccc5c(c4)oc4ccccc45)cc3)c3ccccc3-c3ccc4oc5cc6ccccc6cc5c4c3)c21. The maximum atomic E-state index is 6.44. The van der Waals surface area contributed by atoms with E-state index in [1.807, 2.05) is 12.1 Å². The van der Waals surface area contributed by atoms with E-state index >= 15 is 0 Å². The molecule has 0 unspecified atom stereocenters. The summed E-state index contributed by atoms with van der Waals surface area (Å²) in [7, 11) is 0. The van der Waals surface area contributed by atoms with Crippen molar-refractivity contribution in [3.05, 3.63) is 199 Å². The lowest BCUT2D eigenvalue weighted by Gasteiger charge is -2.33. The van der Waals surface area contributed by atoms with Crippen LogP contribution in [0.2, 0.25) is 0 Å². The summed E-state index contributed by atoms with van der Waals surface area (Å²) in [6.45, 7) is 4.73. The summed E-state index contributed by atoms with van der Waals surface area (Å²) in [6.07, 6.45) is 0. The minimum atomic E-state index is -0.213. The molecule has 0 N–H and O–H groups in total. The van der Waals surface area contributed by atoms with E-state index in [1.54, 1.807) is 0 Å². The lowest BCUT2D eigenvalue weighted by molar-refractivity contribution is 0.661. The van der Waals surface area contributed by atoms with Gasteiger partial charge in [-0.2, -0.15) is 0 Å². The van der Waals surface area contributed by atoms with Crippen LogP contribution in [0.15, 0.2) is 197 Å². The van der Waals surface area contributed by atoms with Gasteiger partial charge in [0, 0.05) is 38.2 Å². The molecule has 11 aromatic rings. The molecule has 0 saturated heterocycles. The van der Waals surface area contributed by atoms with Crippen molar-refractivity contribution in [1.29, 1.82) is 0 Å². The first-order valence-electron chi connectivity index (χ1n) is 20.0. The van der Waals surface area contributed by atoms with Gasteiger partial charge in [-0.05, 0) is 116 Å². The molecular weight excluding hydrogens is 707 g/mol. The molecule has 12 rings (SSSR count). The average molecular weight is 744 g/mol. The van der Waals surface area contributed by atoms with Gasteiger partial charge in [0.2, 0.25) is 0 Å². The Hall–Kier alpha value is -7.36. The summed E-state index contributed by atoms with van der Waals surface area (Å²) in [4.78, 5) is 2.47. The molecule has 0 bridgehead atoms. The first-order valence-corrected chi connectivity index (χ1v) is 20.0. The predicted octanol–water partition coefficient (Wildman–Crippen LogP) is 15.7. The summed E-state index contributed by atoms with van der Waals surface area (Å²) < 4.78 is 12.7. The van der Waals surface area contributed by atoms with Crippen LogP contribution in [0.4, 0.5) is 17.1 Å². The quantitative estimate of drug-likeness (QED) is 0.176. The van der Waals surface area contributed by atoms with Crippen molar-refractivity contribution in [3.8, 4) is 33.4 Å². The van der Waals surface area contributed by atoms with Gasteiger partial charge in [-0.15, -0.1) is 0 Å². The normalized spacial score (nSPS) is 13.1. The van der Waals surface area contributed by atoms with Crippen LogP contribution in [0.3, 0.4) is 0 Å². The highest BCUT2D eigenvalue weighted by atomic mass is 16.3. The van der Waals surface area contributed by atoms with Crippen molar-refractivity contribution in [3.63, 3.8) is 0 Å². The number of hydrogen-bond acceptors (Lipinski definition) is 3. The van der Waals surface area contributed by atoms with Crippen LogP contribution in [0.1, 0.15) is 25.0 Å². The van der Waals surface area contributed by atoms with Crippen molar-refractivity contribution >= 4 is 71.7 Å². The molecule has 58 heavy (non-hydrogen) atoms. The summed E-state index contributed by atoms with van der Waals surface area (Å²) >= 11 is 0. The van der Waals surface area contributed by atoms with Crippen LogP contribution in [-0.4, -0.2) is 0 Å². The van der Waals surface area contributed by atoms with E-state index < -0.39 is 0 Å². The highest BCUT2D eigenvalue weighted by molar-refractivity contribution is 6.11. The summed E-state index contributed by atoms with van der Waals surface area (Å²) in [5, 5.41) is 6.90. The van der Waals surface area contributed by atoms with Gasteiger partial charge in [0.15, 0.2) is 0 Å². The Morgan fingerprint density at radius 1 is 0.379 bits per heavy atom. The van der Waals surface area contributed by atoms with E-state index in [0.29, 0.717) is 0 Å². The Morgan fingerprint density at radius 3 is 1.84 bits per heavy atom. The Labute approximate surface area is 336 Å². The summed E-state index contributed by atoms with van der Waals surface area (Å²) in [5.41, 5.74) is 16.6. The van der Waals surface area contributed by atoms with Crippen LogP contribution in [-0.2, 0) is 5.41 Å². The Morgan fingerprint density at radius 2 is 0.983 bits per heavy atom. The van der Waals surface area contributed by atoms with Crippen LogP contribution in [0.25, 0.3) is 88.0 Å². The molecule has 3 heteroatoms. The number of hydrogen-bond donors (Lipinski definition) is 0. The number of nitrogens with zero attached hydrogens (tertiary/aromatic N) is 1. The number of para-hydroxylation sites is 2. The second-order valence-electron chi connectivity index (χ2n) is 16.1.